The number of fused-ring (bicyclic) bond motifs is 7. The van der Waals surface area contributed by atoms with Crippen LogP contribution in [0.5, 0.6) is 0 Å². The molecule has 0 unspecified atom stereocenters. The van der Waals surface area contributed by atoms with Crippen LogP contribution in [0.25, 0.3) is 82.2 Å². The fourth-order valence-corrected chi connectivity index (χ4v) is 10.5. The van der Waals surface area contributed by atoms with E-state index in [4.69, 9.17) is 0 Å². The van der Waals surface area contributed by atoms with E-state index in [0.717, 1.165) is 78.2 Å². The number of anilines is 7. The zero-order chi connectivity index (χ0) is 46.4. The molecule has 1 aromatic heterocycles. The molecule has 0 amide bonds. The molecule has 4 heteroatoms. The second kappa shape index (κ2) is 17.4. The summed E-state index contributed by atoms with van der Waals surface area (Å²) in [5, 5.41) is 15.4. The first-order valence-electron chi connectivity index (χ1n) is 23.8. The van der Waals surface area contributed by atoms with E-state index >= 15 is 0 Å². The van der Waals surface area contributed by atoms with Gasteiger partial charge in [0.2, 0.25) is 0 Å². The highest BCUT2D eigenvalue weighted by Crippen LogP contribution is 2.53. The lowest BCUT2D eigenvalue weighted by molar-refractivity contribution is 1.28. The summed E-state index contributed by atoms with van der Waals surface area (Å²) in [6.07, 6.45) is 6.39. The highest BCUT2D eigenvalue weighted by Gasteiger charge is 2.27. The zero-order valence-electron chi connectivity index (χ0n) is 38.9. The summed E-state index contributed by atoms with van der Waals surface area (Å²) >= 11 is 0. The van der Waals surface area contributed by atoms with Gasteiger partial charge in [-0.2, -0.15) is 0 Å². The topological polar surface area (TPSA) is 23.4 Å². The van der Waals surface area contributed by atoms with Gasteiger partial charge in [0.05, 0.1) is 33.8 Å². The van der Waals surface area contributed by atoms with Gasteiger partial charge in [-0.25, -0.2) is 0 Å². The molecule has 0 atom stereocenters. The number of benzene rings is 11. The fraction of sp³-hybridized carbons (Fsp3) is 0.0462. The molecular weight excluding hydrogens is 837 g/mol. The van der Waals surface area contributed by atoms with Crippen LogP contribution in [-0.4, -0.2) is 4.57 Å². The van der Waals surface area contributed by atoms with Crippen LogP contribution in [0.4, 0.5) is 39.8 Å². The minimum Gasteiger partial charge on any atom is -0.359 e. The van der Waals surface area contributed by atoms with Crippen LogP contribution in [0.1, 0.15) is 20.8 Å². The summed E-state index contributed by atoms with van der Waals surface area (Å²) in [4.78, 5) is 5.04. The predicted molar refractivity (Wildman–Crippen MR) is 298 cm³/mol. The molecule has 0 fully saturated rings. The van der Waals surface area contributed by atoms with Gasteiger partial charge in [-0.1, -0.05) is 182 Å². The Morgan fingerprint density at radius 2 is 0.899 bits per heavy atom. The summed E-state index contributed by atoms with van der Waals surface area (Å²) in [6, 6.07) is 82.3. The molecule has 12 aromatic rings. The van der Waals surface area contributed by atoms with Gasteiger partial charge in [-0.3, -0.25) is 0 Å². The van der Waals surface area contributed by atoms with Crippen molar-refractivity contribution in [1.29, 1.82) is 0 Å². The molecule has 12 rings (SSSR count). The van der Waals surface area contributed by atoms with Gasteiger partial charge >= 0.3 is 0 Å². The van der Waals surface area contributed by atoms with Crippen LogP contribution < -0.4 is 15.1 Å². The van der Waals surface area contributed by atoms with Crippen LogP contribution in [-0.2, 0) is 0 Å². The lowest BCUT2D eigenvalue weighted by Gasteiger charge is -2.34. The molecule has 0 saturated carbocycles. The lowest BCUT2D eigenvalue weighted by Crippen LogP contribution is -2.15. The molecule has 1 heterocycles. The molecule has 330 valence electrons. The number of hydrogen-bond donors (Lipinski definition) is 1. The summed E-state index contributed by atoms with van der Waals surface area (Å²) in [5.41, 5.74) is 13.4. The number of nitrogens with one attached hydrogen (secondary N) is 1. The third-order valence-corrected chi connectivity index (χ3v) is 13.7. The van der Waals surface area contributed by atoms with Gasteiger partial charge in [-0.05, 0) is 91.7 Å². The highest BCUT2D eigenvalue weighted by molar-refractivity contribution is 6.25. The minimum absolute atomic E-state index is 1.07. The average molecular weight is 887 g/mol. The predicted octanol–water partition coefficient (Wildman–Crippen LogP) is 18.8. The molecule has 1 N–H and O–H groups in total. The molecular formula is C65H50N4. The van der Waals surface area contributed by atoms with E-state index in [9.17, 15) is 0 Å². The number of para-hydroxylation sites is 2. The molecule has 4 nitrogen and oxygen atoms in total. The van der Waals surface area contributed by atoms with Gasteiger partial charge in [0, 0.05) is 77.6 Å². The number of nitrogens with zero attached hydrogens (tertiary/aromatic N) is 3. The summed E-state index contributed by atoms with van der Waals surface area (Å²) in [7, 11) is 0. The quantitative estimate of drug-likeness (QED) is 0.109. The van der Waals surface area contributed by atoms with Crippen molar-refractivity contribution in [2.75, 3.05) is 15.1 Å². The van der Waals surface area contributed by atoms with Crippen molar-refractivity contribution in [2.24, 2.45) is 0 Å². The standard InChI is InChI=1S/C65H50N4/c1-4-41-67-60-36-17-15-30-53(60)58-43-49(39-40-61(58)67)69(63-38-20-24-46-22-7-9-29-52(46)63)65-56-33-12-10-31-54(56)64(55-32-11-13-34-57(55)65)68(62-37-19-23-45-21-6-8-28-51(45)62)48-26-18-25-47(42-48)50-27-14-16-35-59(50)66-44(3)5-2/h4-43,66H,1-3H3/b41-4+,44-5+. The largest absolute Gasteiger partial charge is 0.359 e. The first-order valence-corrected chi connectivity index (χ1v) is 23.8. The lowest BCUT2D eigenvalue weighted by atomic mass is 9.94. The Kier molecular flexibility index (Phi) is 10.5. The van der Waals surface area contributed by atoms with Gasteiger partial charge in [0.25, 0.3) is 0 Å². The zero-order valence-corrected chi connectivity index (χ0v) is 38.9. The molecule has 0 aliphatic rings. The second-order valence-corrected chi connectivity index (χ2v) is 17.7. The SMILES string of the molecule is C/C=C/n1c2ccccc2c2cc(N(c3cccc4ccccc34)c3c4ccccc4c(N(c4cccc(-c5ccccc5N/C(C)=C/C)c4)c4cccc5ccccc45)c4ccccc34)ccc21. The van der Waals surface area contributed by atoms with Crippen LogP contribution in [0.3, 0.4) is 0 Å². The van der Waals surface area contributed by atoms with Crippen LogP contribution >= 0.6 is 0 Å². The molecule has 11 aromatic carbocycles. The number of rotatable bonds is 10. The number of allylic oxidation sites excluding steroid dienone is 3. The molecule has 0 radical (unpaired) electrons. The molecule has 0 saturated heterocycles. The number of aromatic nitrogens is 1. The first-order chi connectivity index (χ1) is 34.1. The first kappa shape index (κ1) is 41.6. The molecule has 0 bridgehead atoms. The average Bonchev–Trinajstić information content (AvgIpc) is 3.72. The van der Waals surface area contributed by atoms with E-state index in [-0.39, 0.29) is 0 Å². The van der Waals surface area contributed by atoms with Gasteiger partial charge in [0.15, 0.2) is 0 Å². The van der Waals surface area contributed by atoms with Crippen molar-refractivity contribution in [3.63, 3.8) is 0 Å². The molecule has 0 aliphatic carbocycles. The maximum absolute atomic E-state index is 3.66. The van der Waals surface area contributed by atoms with E-state index in [1.165, 1.54) is 43.4 Å². The van der Waals surface area contributed by atoms with Gasteiger partial charge < -0.3 is 19.7 Å². The molecule has 0 aliphatic heterocycles. The van der Waals surface area contributed by atoms with Crippen molar-refractivity contribution >= 4 is 111 Å². The summed E-state index contributed by atoms with van der Waals surface area (Å²) in [6.45, 7) is 6.26. The van der Waals surface area contributed by atoms with E-state index in [0.29, 0.717) is 0 Å². The Balaban J connectivity index is 1.18. The van der Waals surface area contributed by atoms with Gasteiger partial charge in [0.1, 0.15) is 0 Å². The van der Waals surface area contributed by atoms with E-state index in [1.807, 2.05) is 0 Å². The van der Waals surface area contributed by atoms with Gasteiger partial charge in [-0.15, -0.1) is 0 Å². The van der Waals surface area contributed by atoms with Crippen LogP contribution in [0.15, 0.2) is 242 Å². The van der Waals surface area contributed by atoms with E-state index in [1.54, 1.807) is 0 Å². The maximum Gasteiger partial charge on any atom is 0.0620 e. The smallest absolute Gasteiger partial charge is 0.0620 e. The highest BCUT2D eigenvalue weighted by atomic mass is 15.2. The van der Waals surface area contributed by atoms with Crippen molar-refractivity contribution in [2.45, 2.75) is 20.8 Å². The molecule has 0 spiro atoms. The maximum atomic E-state index is 3.66. The third kappa shape index (κ3) is 7.08. The van der Waals surface area contributed by atoms with Crippen molar-refractivity contribution in [3.05, 3.63) is 242 Å². The minimum atomic E-state index is 1.07. The third-order valence-electron chi connectivity index (χ3n) is 13.7. The van der Waals surface area contributed by atoms with Crippen molar-refractivity contribution in [3.8, 4) is 11.1 Å². The summed E-state index contributed by atoms with van der Waals surface area (Å²) < 4.78 is 2.31. The monoisotopic (exact) mass is 886 g/mol. The van der Waals surface area contributed by atoms with Crippen molar-refractivity contribution in [1.82, 2.24) is 4.57 Å². The Bertz CT molecular complexity index is 3940. The molecule has 69 heavy (non-hydrogen) atoms. The van der Waals surface area contributed by atoms with E-state index < -0.39 is 0 Å². The fourth-order valence-electron chi connectivity index (χ4n) is 10.5. The van der Waals surface area contributed by atoms with Crippen LogP contribution in [0, 0.1) is 0 Å². The second-order valence-electron chi connectivity index (χ2n) is 17.7. The number of hydrogen-bond acceptors (Lipinski definition) is 3. The Labute approximate surface area is 402 Å². The Morgan fingerprint density at radius 3 is 1.49 bits per heavy atom. The van der Waals surface area contributed by atoms with Crippen molar-refractivity contribution < 1.29 is 0 Å². The Hall–Kier alpha value is -8.86. The van der Waals surface area contributed by atoms with E-state index in [2.05, 4.69) is 283 Å². The Morgan fingerprint density at radius 1 is 0.420 bits per heavy atom. The normalized spacial score (nSPS) is 12.0. The van der Waals surface area contributed by atoms with Crippen LogP contribution in [0.2, 0.25) is 0 Å². The summed E-state index contributed by atoms with van der Waals surface area (Å²) in [5.74, 6) is 0.